The van der Waals surface area contributed by atoms with E-state index in [2.05, 4.69) is 42.7 Å². The molecule has 0 fully saturated rings. The number of nitrogens with one attached hydrogen (secondary N) is 1. The minimum atomic E-state index is 0.295. The summed E-state index contributed by atoms with van der Waals surface area (Å²) >= 11 is 1.76. The van der Waals surface area contributed by atoms with Gasteiger partial charge in [0, 0.05) is 4.88 Å². The molecule has 0 saturated carbocycles. The fourth-order valence-corrected chi connectivity index (χ4v) is 2.45. The van der Waals surface area contributed by atoms with Crippen LogP contribution in [0.3, 0.4) is 0 Å². The quantitative estimate of drug-likeness (QED) is 0.790. The summed E-state index contributed by atoms with van der Waals surface area (Å²) in [5, 5.41) is 5.56. The summed E-state index contributed by atoms with van der Waals surface area (Å²) < 4.78 is 0. The molecular formula is C13H16N2S. The van der Waals surface area contributed by atoms with E-state index in [4.69, 9.17) is 5.73 Å². The maximum Gasteiger partial charge on any atom is 0.0608 e. The summed E-state index contributed by atoms with van der Waals surface area (Å²) in [6.45, 7) is 4.22. The summed E-state index contributed by atoms with van der Waals surface area (Å²) in [6.07, 6.45) is 0. The largest absolute Gasteiger partial charge is 0.397 e. The van der Waals surface area contributed by atoms with Crippen LogP contribution < -0.4 is 11.1 Å². The Morgan fingerprint density at radius 2 is 2.06 bits per heavy atom. The molecule has 0 aliphatic rings. The van der Waals surface area contributed by atoms with E-state index in [0.717, 1.165) is 11.4 Å². The third kappa shape index (κ3) is 2.19. The normalized spacial score (nSPS) is 12.4. The van der Waals surface area contributed by atoms with Crippen LogP contribution in [0, 0.1) is 6.92 Å². The maximum absolute atomic E-state index is 5.96. The van der Waals surface area contributed by atoms with Crippen molar-refractivity contribution >= 4 is 22.7 Å². The standard InChI is InChI=1S/C13H16N2S/c1-9-5-3-6-11(14)13(9)15-10(2)12-7-4-8-16-12/h3-8,10,15H,14H2,1-2H3. The first-order valence-electron chi connectivity index (χ1n) is 5.33. The maximum atomic E-state index is 5.96. The van der Waals surface area contributed by atoms with E-state index in [1.807, 2.05) is 12.1 Å². The molecule has 0 spiro atoms. The minimum absolute atomic E-state index is 0.295. The molecule has 2 nitrogen and oxygen atoms in total. The molecule has 2 aromatic rings. The molecule has 16 heavy (non-hydrogen) atoms. The molecule has 2 rings (SSSR count). The van der Waals surface area contributed by atoms with Crippen molar-refractivity contribution in [1.29, 1.82) is 0 Å². The zero-order chi connectivity index (χ0) is 11.5. The summed E-state index contributed by atoms with van der Waals surface area (Å²) in [7, 11) is 0. The zero-order valence-electron chi connectivity index (χ0n) is 9.53. The summed E-state index contributed by atoms with van der Waals surface area (Å²) in [4.78, 5) is 1.32. The summed E-state index contributed by atoms with van der Waals surface area (Å²) in [5.74, 6) is 0. The average Bonchev–Trinajstić information content (AvgIpc) is 2.76. The van der Waals surface area contributed by atoms with Crippen LogP contribution in [0.15, 0.2) is 35.7 Å². The van der Waals surface area contributed by atoms with E-state index in [1.54, 1.807) is 11.3 Å². The van der Waals surface area contributed by atoms with Gasteiger partial charge in [0.25, 0.3) is 0 Å². The molecule has 0 bridgehead atoms. The Morgan fingerprint density at radius 1 is 1.25 bits per heavy atom. The first-order chi connectivity index (χ1) is 7.68. The summed E-state index contributed by atoms with van der Waals surface area (Å²) in [6, 6.07) is 10.5. The van der Waals surface area contributed by atoms with Gasteiger partial charge in [-0.05, 0) is 36.9 Å². The second-order valence-electron chi connectivity index (χ2n) is 3.92. The molecule has 1 heterocycles. The van der Waals surface area contributed by atoms with Gasteiger partial charge in [-0.3, -0.25) is 0 Å². The third-order valence-electron chi connectivity index (χ3n) is 2.64. The molecule has 1 aromatic carbocycles. The number of hydrogen-bond donors (Lipinski definition) is 2. The van der Waals surface area contributed by atoms with Crippen molar-refractivity contribution in [2.45, 2.75) is 19.9 Å². The van der Waals surface area contributed by atoms with Gasteiger partial charge in [-0.2, -0.15) is 0 Å². The molecule has 3 N–H and O–H groups in total. The Morgan fingerprint density at radius 3 is 2.69 bits per heavy atom. The molecule has 1 aromatic heterocycles. The van der Waals surface area contributed by atoms with Crippen molar-refractivity contribution < 1.29 is 0 Å². The van der Waals surface area contributed by atoms with Crippen molar-refractivity contribution in [2.75, 3.05) is 11.1 Å². The van der Waals surface area contributed by atoms with Gasteiger partial charge < -0.3 is 11.1 Å². The number of thiophene rings is 1. The number of aryl methyl sites for hydroxylation is 1. The van der Waals surface area contributed by atoms with E-state index in [9.17, 15) is 0 Å². The molecule has 0 amide bonds. The monoisotopic (exact) mass is 232 g/mol. The van der Waals surface area contributed by atoms with Crippen LogP contribution in [0.25, 0.3) is 0 Å². The van der Waals surface area contributed by atoms with Gasteiger partial charge in [0.1, 0.15) is 0 Å². The topological polar surface area (TPSA) is 38.0 Å². The molecule has 1 atom stereocenters. The van der Waals surface area contributed by atoms with Crippen LogP contribution in [0.4, 0.5) is 11.4 Å². The van der Waals surface area contributed by atoms with E-state index in [-0.39, 0.29) is 0 Å². The van der Waals surface area contributed by atoms with Gasteiger partial charge in [-0.25, -0.2) is 0 Å². The highest BCUT2D eigenvalue weighted by Crippen LogP contribution is 2.28. The van der Waals surface area contributed by atoms with E-state index in [1.165, 1.54) is 10.4 Å². The van der Waals surface area contributed by atoms with Crippen molar-refractivity contribution in [1.82, 2.24) is 0 Å². The molecule has 84 valence electrons. The highest BCUT2D eigenvalue weighted by Gasteiger charge is 2.09. The Labute approximate surface area is 100 Å². The Hall–Kier alpha value is -1.48. The van der Waals surface area contributed by atoms with Crippen molar-refractivity contribution in [2.24, 2.45) is 0 Å². The van der Waals surface area contributed by atoms with Gasteiger partial charge in [0.15, 0.2) is 0 Å². The predicted molar refractivity (Wildman–Crippen MR) is 71.9 cm³/mol. The van der Waals surface area contributed by atoms with Gasteiger partial charge in [0.05, 0.1) is 17.4 Å². The summed E-state index contributed by atoms with van der Waals surface area (Å²) in [5.41, 5.74) is 9.00. The van der Waals surface area contributed by atoms with Gasteiger partial charge in [-0.1, -0.05) is 18.2 Å². The van der Waals surface area contributed by atoms with Crippen LogP contribution >= 0.6 is 11.3 Å². The smallest absolute Gasteiger partial charge is 0.0608 e. The zero-order valence-corrected chi connectivity index (χ0v) is 10.3. The molecular weight excluding hydrogens is 216 g/mol. The SMILES string of the molecule is Cc1cccc(N)c1NC(C)c1cccs1. The highest BCUT2D eigenvalue weighted by atomic mass is 32.1. The fraction of sp³-hybridized carbons (Fsp3) is 0.231. The minimum Gasteiger partial charge on any atom is -0.397 e. The number of rotatable bonds is 3. The fourth-order valence-electron chi connectivity index (χ4n) is 1.71. The Bertz CT molecular complexity index is 443. The first-order valence-corrected chi connectivity index (χ1v) is 6.21. The Balaban J connectivity index is 2.21. The molecule has 0 aliphatic heterocycles. The van der Waals surface area contributed by atoms with Crippen LogP contribution in [-0.2, 0) is 0 Å². The van der Waals surface area contributed by atoms with Gasteiger partial charge >= 0.3 is 0 Å². The lowest BCUT2D eigenvalue weighted by molar-refractivity contribution is 0.906. The lowest BCUT2D eigenvalue weighted by atomic mass is 10.1. The molecule has 0 radical (unpaired) electrons. The molecule has 0 aliphatic carbocycles. The van der Waals surface area contributed by atoms with Crippen molar-refractivity contribution in [3.63, 3.8) is 0 Å². The van der Waals surface area contributed by atoms with E-state index >= 15 is 0 Å². The van der Waals surface area contributed by atoms with Crippen molar-refractivity contribution in [3.8, 4) is 0 Å². The second-order valence-corrected chi connectivity index (χ2v) is 4.90. The Kier molecular flexibility index (Phi) is 3.15. The van der Waals surface area contributed by atoms with Crippen LogP contribution in [0.2, 0.25) is 0 Å². The molecule has 0 saturated heterocycles. The van der Waals surface area contributed by atoms with Gasteiger partial charge in [-0.15, -0.1) is 11.3 Å². The van der Waals surface area contributed by atoms with Crippen LogP contribution in [-0.4, -0.2) is 0 Å². The average molecular weight is 232 g/mol. The first kappa shape index (κ1) is 11.0. The van der Waals surface area contributed by atoms with Crippen LogP contribution in [0.1, 0.15) is 23.4 Å². The number of benzene rings is 1. The number of hydrogen-bond acceptors (Lipinski definition) is 3. The lowest BCUT2D eigenvalue weighted by Gasteiger charge is -2.17. The van der Waals surface area contributed by atoms with Crippen molar-refractivity contribution in [3.05, 3.63) is 46.2 Å². The highest BCUT2D eigenvalue weighted by molar-refractivity contribution is 7.10. The number of anilines is 2. The van der Waals surface area contributed by atoms with Crippen LogP contribution in [0.5, 0.6) is 0 Å². The molecule has 3 heteroatoms. The predicted octanol–water partition coefficient (Wildman–Crippen LogP) is 3.81. The number of nitrogens with two attached hydrogens (primary N) is 1. The van der Waals surface area contributed by atoms with E-state index < -0.39 is 0 Å². The number of para-hydroxylation sites is 1. The van der Waals surface area contributed by atoms with Gasteiger partial charge in [0.2, 0.25) is 0 Å². The number of nitrogen functional groups attached to an aromatic ring is 1. The third-order valence-corrected chi connectivity index (χ3v) is 3.69. The second kappa shape index (κ2) is 4.58. The lowest BCUT2D eigenvalue weighted by Crippen LogP contribution is -2.08. The van der Waals surface area contributed by atoms with E-state index in [0.29, 0.717) is 6.04 Å². The molecule has 1 unspecified atom stereocenters.